The maximum Gasteiger partial charge on any atom is 0.260 e. The van der Waals surface area contributed by atoms with Gasteiger partial charge in [-0.2, -0.15) is 0 Å². The van der Waals surface area contributed by atoms with Crippen LogP contribution in [-0.4, -0.2) is 34.8 Å². The Hall–Kier alpha value is -3.00. The molecule has 0 fully saturated rings. The summed E-state index contributed by atoms with van der Waals surface area (Å²) in [6.07, 6.45) is 0. The van der Waals surface area contributed by atoms with E-state index in [-0.39, 0.29) is 24.1 Å². The zero-order chi connectivity index (χ0) is 18.8. The predicted octanol–water partition coefficient (Wildman–Crippen LogP) is 3.56. The molecule has 0 atom stereocenters. The van der Waals surface area contributed by atoms with Crippen LogP contribution in [0.2, 0.25) is 0 Å². The number of carbonyl (C=O) groups is 1. The van der Waals surface area contributed by atoms with Crippen molar-refractivity contribution in [1.29, 1.82) is 0 Å². The summed E-state index contributed by atoms with van der Waals surface area (Å²) in [5.74, 6) is -0.276. The number of amides is 1. The first kappa shape index (κ1) is 20.3. The Bertz CT molecular complexity index is 928. The van der Waals surface area contributed by atoms with Crippen LogP contribution in [0.25, 0.3) is 0 Å². The van der Waals surface area contributed by atoms with Gasteiger partial charge in [-0.3, -0.25) is 14.3 Å². The molecule has 0 aliphatic heterocycles. The first-order valence-electron chi connectivity index (χ1n) is 7.81. The minimum atomic E-state index is -0.411. The molecule has 0 unspecified atom stereocenters. The molecule has 3 rings (SSSR count). The van der Waals surface area contributed by atoms with Gasteiger partial charge < -0.3 is 4.90 Å². The van der Waals surface area contributed by atoms with Crippen LogP contribution in [0, 0.1) is 11.6 Å². The minimum absolute atomic E-state index is 0. The molecule has 9 heteroatoms. The van der Waals surface area contributed by atoms with E-state index >= 15 is 0 Å². The monoisotopic (exact) mass is 393 g/mol. The van der Waals surface area contributed by atoms with Gasteiger partial charge in [-0.1, -0.05) is 0 Å². The second kappa shape index (κ2) is 8.13. The van der Waals surface area contributed by atoms with Crippen LogP contribution in [0.1, 0.15) is 10.4 Å². The highest BCUT2D eigenvalue weighted by molar-refractivity contribution is 6.04. The number of halogens is 3. The predicted molar refractivity (Wildman–Crippen MR) is 102 cm³/mol. The van der Waals surface area contributed by atoms with Gasteiger partial charge in [0.2, 0.25) is 11.9 Å². The van der Waals surface area contributed by atoms with Gasteiger partial charge in [-0.25, -0.2) is 8.78 Å². The van der Waals surface area contributed by atoms with E-state index in [2.05, 4.69) is 10.2 Å². The molecule has 0 N–H and O–H groups in total. The van der Waals surface area contributed by atoms with E-state index in [0.29, 0.717) is 17.5 Å². The molecule has 3 aromatic rings. The van der Waals surface area contributed by atoms with Gasteiger partial charge in [0.25, 0.3) is 5.91 Å². The molecule has 0 saturated carbocycles. The lowest BCUT2D eigenvalue weighted by Crippen LogP contribution is -2.29. The van der Waals surface area contributed by atoms with E-state index < -0.39 is 5.82 Å². The standard InChI is InChI=1S/C18H17F2N5O.ClH/c1-23(15-10-8-14(20)9-11-15)17-21-22-18(25(17)3)24(2)16(26)12-4-6-13(19)7-5-12;/h4-11H,1-3H3;1H. The number of aromatic nitrogens is 3. The van der Waals surface area contributed by atoms with E-state index in [1.54, 1.807) is 42.7 Å². The third-order valence-corrected chi connectivity index (χ3v) is 4.04. The topological polar surface area (TPSA) is 54.3 Å². The highest BCUT2D eigenvalue weighted by Crippen LogP contribution is 2.25. The molecular weight excluding hydrogens is 376 g/mol. The number of rotatable bonds is 4. The minimum Gasteiger partial charge on any atom is -0.314 e. The fourth-order valence-electron chi connectivity index (χ4n) is 2.55. The molecule has 0 aliphatic carbocycles. The first-order chi connectivity index (χ1) is 12.4. The smallest absolute Gasteiger partial charge is 0.260 e. The van der Waals surface area contributed by atoms with Crippen LogP contribution in [0.5, 0.6) is 0 Å². The van der Waals surface area contributed by atoms with Crippen molar-refractivity contribution < 1.29 is 13.6 Å². The molecule has 0 saturated heterocycles. The third kappa shape index (κ3) is 4.06. The van der Waals surface area contributed by atoms with Gasteiger partial charge in [0.15, 0.2) is 0 Å². The fourth-order valence-corrected chi connectivity index (χ4v) is 2.55. The molecule has 1 aromatic heterocycles. The lowest BCUT2D eigenvalue weighted by molar-refractivity contribution is 0.0991. The van der Waals surface area contributed by atoms with Gasteiger partial charge in [0.1, 0.15) is 11.6 Å². The molecule has 0 spiro atoms. The molecule has 0 bridgehead atoms. The number of hydrogen-bond acceptors (Lipinski definition) is 4. The van der Waals surface area contributed by atoms with E-state index in [1.165, 1.54) is 41.3 Å². The molecule has 6 nitrogen and oxygen atoms in total. The summed E-state index contributed by atoms with van der Waals surface area (Å²) in [7, 11) is 5.05. The molecule has 27 heavy (non-hydrogen) atoms. The average molecular weight is 394 g/mol. The van der Waals surface area contributed by atoms with Gasteiger partial charge in [0.05, 0.1) is 0 Å². The third-order valence-electron chi connectivity index (χ3n) is 4.04. The van der Waals surface area contributed by atoms with Crippen molar-refractivity contribution in [2.24, 2.45) is 7.05 Å². The van der Waals surface area contributed by atoms with Crippen LogP contribution in [0.4, 0.5) is 26.4 Å². The Morgan fingerprint density at radius 2 is 1.37 bits per heavy atom. The SMILES string of the molecule is CN(C(=O)c1ccc(F)cc1)c1nnc(N(C)c2ccc(F)cc2)n1C.Cl. The Morgan fingerprint density at radius 1 is 0.889 bits per heavy atom. The van der Waals surface area contributed by atoms with Crippen molar-refractivity contribution in [3.8, 4) is 0 Å². The van der Waals surface area contributed by atoms with E-state index in [9.17, 15) is 13.6 Å². The molecular formula is C18H18ClF2N5O. The lowest BCUT2D eigenvalue weighted by Gasteiger charge is -2.20. The molecule has 0 radical (unpaired) electrons. The maximum atomic E-state index is 13.1. The van der Waals surface area contributed by atoms with Crippen molar-refractivity contribution >= 4 is 35.9 Å². The zero-order valence-electron chi connectivity index (χ0n) is 14.9. The van der Waals surface area contributed by atoms with Gasteiger partial charge in [-0.15, -0.1) is 22.6 Å². The van der Waals surface area contributed by atoms with Gasteiger partial charge in [-0.05, 0) is 48.5 Å². The first-order valence-corrected chi connectivity index (χ1v) is 7.81. The van der Waals surface area contributed by atoms with Crippen LogP contribution in [0.15, 0.2) is 48.5 Å². The molecule has 0 aliphatic rings. The van der Waals surface area contributed by atoms with Crippen molar-refractivity contribution in [2.75, 3.05) is 23.9 Å². The number of nitrogens with zero attached hydrogens (tertiary/aromatic N) is 5. The van der Waals surface area contributed by atoms with Crippen LogP contribution < -0.4 is 9.80 Å². The summed E-state index contributed by atoms with van der Waals surface area (Å²) < 4.78 is 27.8. The number of carbonyl (C=O) groups excluding carboxylic acids is 1. The molecule has 2 aromatic carbocycles. The second-order valence-corrected chi connectivity index (χ2v) is 5.77. The lowest BCUT2D eigenvalue weighted by atomic mass is 10.2. The number of anilines is 3. The van der Waals surface area contributed by atoms with Gasteiger partial charge in [0, 0.05) is 32.4 Å². The van der Waals surface area contributed by atoms with Crippen molar-refractivity contribution in [3.63, 3.8) is 0 Å². The quantitative estimate of drug-likeness (QED) is 0.680. The molecule has 1 heterocycles. The van der Waals surface area contributed by atoms with Crippen LogP contribution >= 0.6 is 12.4 Å². The molecule has 142 valence electrons. The summed E-state index contributed by atoms with van der Waals surface area (Å²) in [5.41, 5.74) is 1.06. The number of hydrogen-bond donors (Lipinski definition) is 0. The summed E-state index contributed by atoms with van der Waals surface area (Å²) in [4.78, 5) is 15.6. The Balaban J connectivity index is 0.00000261. The molecule has 1 amide bonds. The highest BCUT2D eigenvalue weighted by atomic mass is 35.5. The summed E-state index contributed by atoms with van der Waals surface area (Å²) in [6.45, 7) is 0. The van der Waals surface area contributed by atoms with Crippen LogP contribution in [0.3, 0.4) is 0 Å². The fraction of sp³-hybridized carbons (Fsp3) is 0.167. The van der Waals surface area contributed by atoms with E-state index in [0.717, 1.165) is 5.69 Å². The van der Waals surface area contributed by atoms with Crippen molar-refractivity contribution in [3.05, 3.63) is 65.7 Å². The van der Waals surface area contributed by atoms with Gasteiger partial charge >= 0.3 is 0 Å². The normalized spacial score (nSPS) is 10.3. The largest absolute Gasteiger partial charge is 0.314 e. The van der Waals surface area contributed by atoms with Crippen molar-refractivity contribution in [1.82, 2.24) is 14.8 Å². The second-order valence-electron chi connectivity index (χ2n) is 5.77. The Morgan fingerprint density at radius 3 is 1.93 bits per heavy atom. The number of benzene rings is 2. The summed E-state index contributed by atoms with van der Waals surface area (Å²) in [5, 5.41) is 8.19. The maximum absolute atomic E-state index is 13.1. The van der Waals surface area contributed by atoms with Crippen LogP contribution in [-0.2, 0) is 7.05 Å². The summed E-state index contributed by atoms with van der Waals surface area (Å²) in [6, 6.07) is 11.2. The average Bonchev–Trinajstić information content (AvgIpc) is 3.02. The zero-order valence-corrected chi connectivity index (χ0v) is 15.7. The Kier molecular flexibility index (Phi) is 6.12. The highest BCUT2D eigenvalue weighted by Gasteiger charge is 2.21. The van der Waals surface area contributed by atoms with E-state index in [4.69, 9.17) is 0 Å². The van der Waals surface area contributed by atoms with E-state index in [1.807, 2.05) is 0 Å². The Labute approximate surface area is 161 Å². The van der Waals surface area contributed by atoms with Crippen molar-refractivity contribution in [2.45, 2.75) is 0 Å². The summed E-state index contributed by atoms with van der Waals surface area (Å²) >= 11 is 0.